The molecule has 1 saturated carbocycles. The fourth-order valence-corrected chi connectivity index (χ4v) is 2.91. The van der Waals surface area contributed by atoms with Crippen LogP contribution in [-0.2, 0) is 0 Å². The number of alkyl halides is 1. The zero-order valence-corrected chi connectivity index (χ0v) is 10.6. The van der Waals surface area contributed by atoms with Crippen LogP contribution < -0.4 is 10.6 Å². The summed E-state index contributed by atoms with van der Waals surface area (Å²) in [7, 11) is 0. The number of halogens is 1. The lowest BCUT2D eigenvalue weighted by Crippen LogP contribution is -2.61. The van der Waals surface area contributed by atoms with Crippen LogP contribution in [-0.4, -0.2) is 35.3 Å². The largest absolute Gasteiger partial charge is 0.351 e. The summed E-state index contributed by atoms with van der Waals surface area (Å²) >= 11 is 0. The predicted octanol–water partition coefficient (Wildman–Crippen LogP) is 1.68. The van der Waals surface area contributed by atoms with Crippen molar-refractivity contribution >= 4 is 5.95 Å². The molecule has 3 rings (SSSR count). The van der Waals surface area contributed by atoms with Gasteiger partial charge in [0, 0.05) is 36.4 Å². The molecule has 0 amide bonds. The van der Waals surface area contributed by atoms with Crippen LogP contribution in [0.15, 0.2) is 12.3 Å². The van der Waals surface area contributed by atoms with Crippen molar-refractivity contribution in [2.75, 3.05) is 18.4 Å². The van der Waals surface area contributed by atoms with E-state index in [9.17, 15) is 4.39 Å². The summed E-state index contributed by atoms with van der Waals surface area (Å²) in [6.45, 7) is 3.60. The Kier molecular flexibility index (Phi) is 2.93. The highest BCUT2D eigenvalue weighted by Gasteiger charge is 2.48. The van der Waals surface area contributed by atoms with Crippen LogP contribution in [0.2, 0.25) is 0 Å². The number of anilines is 1. The standard InChI is InChI=1S/C13H19FN4/c1-9-3-5-16-12(17-9)18-10-2-4-13(7-15-8-13)11(14)6-10/h3,5,10-11,15H,2,4,6-8H2,1H3,(H,16,17,18). The molecule has 2 unspecified atom stereocenters. The second kappa shape index (κ2) is 4.46. The van der Waals surface area contributed by atoms with E-state index < -0.39 is 6.17 Å². The molecular weight excluding hydrogens is 231 g/mol. The van der Waals surface area contributed by atoms with Gasteiger partial charge in [-0.05, 0) is 32.3 Å². The number of rotatable bonds is 2. The molecule has 98 valence electrons. The predicted molar refractivity (Wildman–Crippen MR) is 68.2 cm³/mol. The average Bonchev–Trinajstić information content (AvgIpc) is 2.27. The van der Waals surface area contributed by atoms with Crippen molar-refractivity contribution < 1.29 is 4.39 Å². The van der Waals surface area contributed by atoms with Crippen LogP contribution in [0.5, 0.6) is 0 Å². The van der Waals surface area contributed by atoms with Crippen LogP contribution in [0, 0.1) is 12.3 Å². The number of hydrogen-bond donors (Lipinski definition) is 2. The van der Waals surface area contributed by atoms with E-state index in [1.807, 2.05) is 13.0 Å². The van der Waals surface area contributed by atoms with Gasteiger partial charge >= 0.3 is 0 Å². The number of aromatic nitrogens is 2. The van der Waals surface area contributed by atoms with Gasteiger partial charge in [-0.2, -0.15) is 0 Å². The Morgan fingerprint density at radius 3 is 2.94 bits per heavy atom. The molecular formula is C13H19FN4. The monoisotopic (exact) mass is 250 g/mol. The van der Waals surface area contributed by atoms with E-state index in [2.05, 4.69) is 20.6 Å². The second-order valence-electron chi connectivity index (χ2n) is 5.57. The van der Waals surface area contributed by atoms with Crippen molar-refractivity contribution in [1.82, 2.24) is 15.3 Å². The zero-order chi connectivity index (χ0) is 12.6. The van der Waals surface area contributed by atoms with E-state index in [-0.39, 0.29) is 11.5 Å². The highest BCUT2D eigenvalue weighted by atomic mass is 19.1. The molecule has 5 heteroatoms. The molecule has 1 aromatic rings. The van der Waals surface area contributed by atoms with Crippen molar-refractivity contribution in [2.24, 2.45) is 5.41 Å². The van der Waals surface area contributed by atoms with Gasteiger partial charge in [-0.1, -0.05) is 0 Å². The maximum Gasteiger partial charge on any atom is 0.223 e. The van der Waals surface area contributed by atoms with Gasteiger partial charge in [0.2, 0.25) is 5.95 Å². The zero-order valence-electron chi connectivity index (χ0n) is 10.6. The molecule has 1 aromatic heterocycles. The Morgan fingerprint density at radius 2 is 2.33 bits per heavy atom. The first kappa shape index (κ1) is 11.8. The number of aryl methyl sites for hydroxylation is 1. The molecule has 1 aliphatic carbocycles. The molecule has 2 aliphatic rings. The van der Waals surface area contributed by atoms with Crippen molar-refractivity contribution in [2.45, 2.75) is 38.4 Å². The Hall–Kier alpha value is -1.23. The van der Waals surface area contributed by atoms with E-state index in [0.717, 1.165) is 31.6 Å². The summed E-state index contributed by atoms with van der Waals surface area (Å²) in [6.07, 6.45) is 3.54. The van der Waals surface area contributed by atoms with Crippen LogP contribution in [0.4, 0.5) is 10.3 Å². The van der Waals surface area contributed by atoms with Crippen molar-refractivity contribution in [3.05, 3.63) is 18.0 Å². The third kappa shape index (κ3) is 2.07. The molecule has 0 bridgehead atoms. The third-order valence-electron chi connectivity index (χ3n) is 4.23. The first-order valence-corrected chi connectivity index (χ1v) is 6.59. The molecule has 1 aliphatic heterocycles. The smallest absolute Gasteiger partial charge is 0.223 e. The minimum Gasteiger partial charge on any atom is -0.351 e. The minimum atomic E-state index is -0.713. The number of hydrogen-bond acceptors (Lipinski definition) is 4. The summed E-state index contributed by atoms with van der Waals surface area (Å²) in [5.74, 6) is 0.620. The Labute approximate surface area is 106 Å². The SMILES string of the molecule is Cc1ccnc(NC2CCC3(CNC3)C(F)C2)n1. The molecule has 4 nitrogen and oxygen atoms in total. The van der Waals surface area contributed by atoms with Gasteiger partial charge in [0.15, 0.2) is 0 Å². The van der Waals surface area contributed by atoms with Gasteiger partial charge in [-0.25, -0.2) is 14.4 Å². The minimum absolute atomic E-state index is 0.0777. The Balaban J connectivity index is 1.62. The number of nitrogens with one attached hydrogen (secondary N) is 2. The third-order valence-corrected chi connectivity index (χ3v) is 4.23. The lowest BCUT2D eigenvalue weighted by Gasteiger charge is -2.49. The van der Waals surface area contributed by atoms with Crippen LogP contribution in [0.3, 0.4) is 0 Å². The van der Waals surface area contributed by atoms with Crippen molar-refractivity contribution in [1.29, 1.82) is 0 Å². The van der Waals surface area contributed by atoms with Crippen LogP contribution in [0.1, 0.15) is 25.0 Å². The maximum atomic E-state index is 14.2. The summed E-state index contributed by atoms with van der Waals surface area (Å²) in [5.41, 5.74) is 0.853. The fraction of sp³-hybridized carbons (Fsp3) is 0.692. The fourth-order valence-electron chi connectivity index (χ4n) is 2.91. The average molecular weight is 250 g/mol. The first-order valence-electron chi connectivity index (χ1n) is 6.59. The molecule has 2 N–H and O–H groups in total. The Morgan fingerprint density at radius 1 is 1.50 bits per heavy atom. The van der Waals surface area contributed by atoms with Gasteiger partial charge in [-0.15, -0.1) is 0 Å². The van der Waals surface area contributed by atoms with E-state index in [4.69, 9.17) is 0 Å². The van der Waals surface area contributed by atoms with Crippen LogP contribution in [0.25, 0.3) is 0 Å². The molecule has 2 heterocycles. The highest BCUT2D eigenvalue weighted by molar-refractivity contribution is 5.27. The quantitative estimate of drug-likeness (QED) is 0.838. The van der Waals surface area contributed by atoms with E-state index >= 15 is 0 Å². The lowest BCUT2D eigenvalue weighted by molar-refractivity contribution is 0.00301. The summed E-state index contributed by atoms with van der Waals surface area (Å²) in [6, 6.07) is 2.02. The van der Waals surface area contributed by atoms with Crippen molar-refractivity contribution in [3.63, 3.8) is 0 Å². The summed E-state index contributed by atoms with van der Waals surface area (Å²) in [5, 5.41) is 6.44. The molecule has 1 spiro atoms. The van der Waals surface area contributed by atoms with Gasteiger partial charge < -0.3 is 10.6 Å². The normalized spacial score (nSPS) is 29.9. The molecule has 0 aromatic carbocycles. The summed E-state index contributed by atoms with van der Waals surface area (Å²) < 4.78 is 14.2. The first-order chi connectivity index (χ1) is 8.68. The van der Waals surface area contributed by atoms with Gasteiger partial charge in [0.1, 0.15) is 6.17 Å². The molecule has 1 saturated heterocycles. The van der Waals surface area contributed by atoms with Crippen LogP contribution >= 0.6 is 0 Å². The highest BCUT2D eigenvalue weighted by Crippen LogP contribution is 2.42. The topological polar surface area (TPSA) is 49.8 Å². The molecule has 2 atom stereocenters. The van der Waals surface area contributed by atoms with Gasteiger partial charge in [0.05, 0.1) is 0 Å². The van der Waals surface area contributed by atoms with E-state index in [0.29, 0.717) is 12.4 Å². The molecule has 18 heavy (non-hydrogen) atoms. The molecule has 0 radical (unpaired) electrons. The van der Waals surface area contributed by atoms with E-state index in [1.54, 1.807) is 6.20 Å². The van der Waals surface area contributed by atoms with Crippen molar-refractivity contribution in [3.8, 4) is 0 Å². The van der Waals surface area contributed by atoms with Gasteiger partial charge in [0.25, 0.3) is 0 Å². The van der Waals surface area contributed by atoms with E-state index in [1.165, 1.54) is 0 Å². The maximum absolute atomic E-state index is 14.2. The summed E-state index contributed by atoms with van der Waals surface area (Å²) in [4.78, 5) is 8.48. The second-order valence-corrected chi connectivity index (χ2v) is 5.57. The van der Waals surface area contributed by atoms with Gasteiger partial charge in [-0.3, -0.25) is 0 Å². The lowest BCUT2D eigenvalue weighted by atomic mass is 9.67. The Bertz CT molecular complexity index is 433. The number of nitrogens with zero attached hydrogens (tertiary/aromatic N) is 2. The molecule has 2 fully saturated rings.